The Hall–Kier alpha value is -13.9. The number of para-hydroxylation sites is 2. The lowest BCUT2D eigenvalue weighted by molar-refractivity contribution is 0.669. The molecule has 0 fully saturated rings. The van der Waals surface area contributed by atoms with Crippen molar-refractivity contribution in [2.24, 2.45) is 0 Å². The maximum Gasteiger partial charge on any atom is 0.143 e. The molecule has 22 aromatic rings. The molecule has 0 N–H and O–H groups in total. The van der Waals surface area contributed by atoms with Gasteiger partial charge in [-0.05, 0) is 200 Å². The summed E-state index contributed by atoms with van der Waals surface area (Å²) in [5.74, 6) is 0. The van der Waals surface area contributed by atoms with Gasteiger partial charge < -0.3 is 8.83 Å². The molecule has 2 aromatic heterocycles. The molecule has 0 aliphatic carbocycles. The smallest absolute Gasteiger partial charge is 0.143 e. The van der Waals surface area contributed by atoms with Crippen molar-refractivity contribution in [2.45, 2.75) is 0 Å². The van der Waals surface area contributed by atoms with Gasteiger partial charge in [0.2, 0.25) is 0 Å². The topological polar surface area (TPSA) is 26.3 Å². The predicted octanol–water partition coefficient (Wildman–Crippen LogP) is 29.7. The second-order valence-corrected chi connectivity index (χ2v) is 26.4. The second-order valence-electron chi connectivity index (χ2n) is 26.4. The number of hydrogen-bond donors (Lipinski definition) is 0. The highest BCUT2D eigenvalue weighted by molar-refractivity contribution is 6.30. The van der Waals surface area contributed by atoms with Gasteiger partial charge in [0.25, 0.3) is 0 Å². The first-order valence-corrected chi connectivity index (χ1v) is 34.9. The van der Waals surface area contributed by atoms with Gasteiger partial charge in [0.15, 0.2) is 0 Å². The summed E-state index contributed by atoms with van der Waals surface area (Å²) in [6, 6.07) is 80.9. The van der Waals surface area contributed by atoms with Crippen molar-refractivity contribution in [2.75, 3.05) is 0 Å². The molecule has 0 amide bonds. The van der Waals surface area contributed by atoms with Gasteiger partial charge >= 0.3 is 0 Å². The first kappa shape index (κ1) is 43.8. The minimum atomic E-state index is -0.457. The molecule has 2 nitrogen and oxygen atoms in total. The predicted molar refractivity (Wildman–Crippen MR) is 451 cm³/mol. The summed E-state index contributed by atoms with van der Waals surface area (Å²) in [5.41, 5.74) is 12.3. The highest BCUT2D eigenvalue weighted by Crippen LogP contribution is 2.52. The monoisotopic (exact) mass is 1360 g/mol. The van der Waals surface area contributed by atoms with Crippen LogP contribution in [0.5, 0.6) is 0 Å². The Bertz CT molecular complexity index is 8400. The zero-order valence-corrected chi connectivity index (χ0v) is 56.2. The number of benzene rings is 20. The van der Waals surface area contributed by atoms with E-state index in [-0.39, 0.29) is 107 Å². The van der Waals surface area contributed by atoms with Crippen molar-refractivity contribution < 1.29 is 36.2 Å². The van der Waals surface area contributed by atoms with Crippen LogP contribution in [0.15, 0.2) is 397 Å². The summed E-state index contributed by atoms with van der Waals surface area (Å²) in [6.45, 7) is 0. The maximum absolute atomic E-state index is 9.02. The quantitative estimate of drug-likeness (QED) is 0.112. The Balaban J connectivity index is 0.000000154. The zero-order chi connectivity index (χ0) is 87.2. The summed E-state index contributed by atoms with van der Waals surface area (Å²) in [6.07, 6.45) is 0. The summed E-state index contributed by atoms with van der Waals surface area (Å²) >= 11 is 0. The average molecular weight is 1370 g/mol. The normalized spacial score (nSPS) is 14.4. The van der Waals surface area contributed by atoms with E-state index in [1.807, 2.05) is 176 Å². The molecule has 0 aliphatic rings. The molecular weight excluding hydrogens is 1280 g/mol. The molecule has 0 unspecified atom stereocenters. The van der Waals surface area contributed by atoms with Crippen molar-refractivity contribution in [3.05, 3.63) is 388 Å². The van der Waals surface area contributed by atoms with Crippen molar-refractivity contribution >= 4 is 130 Å². The van der Waals surface area contributed by atoms with Crippen LogP contribution in [0.1, 0.15) is 27.4 Å². The summed E-state index contributed by atoms with van der Waals surface area (Å²) in [7, 11) is 0. The lowest BCUT2D eigenvalue weighted by Gasteiger charge is -2.20. The van der Waals surface area contributed by atoms with Gasteiger partial charge in [-0.25, -0.2) is 0 Å². The fraction of sp³-hybridized carbons (Fsp3) is 0. The minimum absolute atomic E-state index is 0.0741. The summed E-state index contributed by atoms with van der Waals surface area (Å²) in [5, 5.41) is 18.0. The van der Waals surface area contributed by atoms with E-state index in [1.54, 1.807) is 18.2 Å². The van der Waals surface area contributed by atoms with E-state index in [2.05, 4.69) is 72.8 Å². The Kier molecular flexibility index (Phi) is 10.3. The van der Waals surface area contributed by atoms with Crippen molar-refractivity contribution in [1.82, 2.24) is 0 Å². The third kappa shape index (κ3) is 9.80. The van der Waals surface area contributed by atoms with E-state index < -0.39 is 36.3 Å². The van der Waals surface area contributed by atoms with Crippen LogP contribution < -0.4 is 0 Å². The molecule has 0 aliphatic heterocycles. The van der Waals surface area contributed by atoms with Gasteiger partial charge in [-0.3, -0.25) is 0 Å². The van der Waals surface area contributed by atoms with Gasteiger partial charge in [0.1, 0.15) is 22.3 Å². The first-order valence-electron chi connectivity index (χ1n) is 44.9. The maximum atomic E-state index is 9.02. The molecule has 0 spiro atoms. The van der Waals surface area contributed by atoms with Gasteiger partial charge in [0.05, 0.1) is 27.4 Å². The highest BCUT2D eigenvalue weighted by atomic mass is 16.3. The second kappa shape index (κ2) is 25.0. The molecule has 0 bridgehead atoms. The molecule has 0 saturated heterocycles. The van der Waals surface area contributed by atoms with E-state index >= 15 is 0 Å². The largest absolute Gasteiger partial charge is 0.456 e. The van der Waals surface area contributed by atoms with E-state index in [0.29, 0.717) is 44.6 Å². The van der Waals surface area contributed by atoms with Crippen LogP contribution in [-0.4, -0.2) is 0 Å². The molecule has 492 valence electrons. The third-order valence-corrected chi connectivity index (χ3v) is 20.8. The van der Waals surface area contributed by atoms with Crippen LogP contribution in [0.25, 0.3) is 219 Å². The molecule has 0 saturated carbocycles. The van der Waals surface area contributed by atoms with Crippen molar-refractivity contribution in [1.29, 1.82) is 0 Å². The third-order valence-electron chi connectivity index (χ3n) is 20.8. The van der Waals surface area contributed by atoms with E-state index in [9.17, 15) is 0 Å². The molecule has 2 heteroatoms. The van der Waals surface area contributed by atoms with E-state index in [1.165, 1.54) is 0 Å². The summed E-state index contributed by atoms with van der Waals surface area (Å²) in [4.78, 5) is 0. The van der Waals surface area contributed by atoms with Crippen LogP contribution in [0.3, 0.4) is 0 Å². The van der Waals surface area contributed by atoms with Crippen LogP contribution in [0.2, 0.25) is 0 Å². The van der Waals surface area contributed by atoms with Crippen LogP contribution in [-0.2, 0) is 0 Å². The van der Waals surface area contributed by atoms with Gasteiger partial charge in [-0.2, -0.15) is 0 Å². The van der Waals surface area contributed by atoms with Crippen LogP contribution in [0, 0.1) is 0 Å². The Labute approximate surface area is 640 Å². The summed E-state index contributed by atoms with van der Waals surface area (Å²) < 4.78 is 184. The lowest BCUT2D eigenvalue weighted by Crippen LogP contribution is -1.93. The van der Waals surface area contributed by atoms with Gasteiger partial charge in [0, 0.05) is 32.7 Å². The highest BCUT2D eigenvalue weighted by Gasteiger charge is 2.25. The molecule has 0 radical (unpaired) electrons. The van der Waals surface area contributed by atoms with Crippen LogP contribution >= 0.6 is 0 Å². The Morgan fingerprint density at radius 1 is 0.179 bits per heavy atom. The van der Waals surface area contributed by atoms with Crippen LogP contribution in [0.4, 0.5) is 0 Å². The van der Waals surface area contributed by atoms with Gasteiger partial charge in [-0.1, -0.05) is 351 Å². The fourth-order valence-corrected chi connectivity index (χ4v) is 16.4. The molecule has 20 aromatic carbocycles. The number of hydrogen-bond acceptors (Lipinski definition) is 2. The number of fused-ring (bicyclic) bond motifs is 16. The van der Waals surface area contributed by atoms with Crippen molar-refractivity contribution in [3.63, 3.8) is 0 Å². The molecule has 106 heavy (non-hydrogen) atoms. The number of furan rings is 2. The molecule has 2 heterocycles. The van der Waals surface area contributed by atoms with Crippen molar-refractivity contribution in [3.8, 4) is 89.0 Å². The lowest BCUT2D eigenvalue weighted by atomic mass is 9.83. The average Bonchev–Trinajstić information content (AvgIpc) is 1.46. The molecular formula is C104H64O2. The first-order chi connectivity index (χ1) is 60.9. The fourth-order valence-electron chi connectivity index (χ4n) is 16.4. The van der Waals surface area contributed by atoms with E-state index in [0.717, 1.165) is 152 Å². The Morgan fingerprint density at radius 3 is 1.15 bits per heavy atom. The number of rotatable bonds is 8. The zero-order valence-electron chi connectivity index (χ0n) is 76.2. The SMILES string of the molecule is [2H]c1c([2H])c([2H])c(-c2c3ccccc3c(-c3cc4ccccc4c4c(-c5cccc6c5oc5c(-c7c([2H])c([2H])c([2H])c([2H])c7[2H])cccc56)cccc34)c3ccccc23)c([2H])c1[2H].[2H]c1c([2H])c([2H])c(-c2ccc3c(c2)oc2cccc(-c4ccc5cc(-c6c7ccccc7c(-c7c([2H])c([2H])c([2H])c([2H])c7[2H])c7ccccc67)c6ccccc6c5c4)c23)c([2H])c1[2H]. The standard InChI is InChI=1S/2C52H32O/c1-3-16-33(17-4-1)37-26-13-30-45-46-31-15-29-44(52(46)53-51(37)45)42-27-14-28-43-47(32-35-20-7-8-21-36(35)49(42)43)50-40-24-11-9-22-38(40)48(34-18-5-2-6-19-34)39-23-10-12-25-41(39)50;1-3-14-33(15-4-1)35-28-29-45-49(32-35)53-48-25-13-24-38(52(45)48)36-26-27-37-31-47(40-19-8-7-18-39(40)46(37)30-36)51-43-22-11-9-20-41(43)50(34-16-5-2-6-17-34)42-21-10-12-23-44(42)51/h2*1-32H/i1D,2D,3D,4D,5D,6D,16D,17D,18D,19D;1D,2D,3D,4D,5D,6D,14D,15D,16D,17D. The molecule has 22 rings (SSSR count). The Morgan fingerprint density at radius 2 is 0.585 bits per heavy atom. The van der Waals surface area contributed by atoms with E-state index in [4.69, 9.17) is 36.2 Å². The minimum Gasteiger partial charge on any atom is -0.456 e. The van der Waals surface area contributed by atoms with Gasteiger partial charge in [-0.15, -0.1) is 0 Å². The molecule has 0 atom stereocenters.